The van der Waals surface area contributed by atoms with Gasteiger partial charge in [0.15, 0.2) is 11.5 Å². The number of nitrogens with one attached hydrogen (secondary N) is 1. The molecule has 3 rings (SSSR count). The van der Waals surface area contributed by atoms with Crippen molar-refractivity contribution in [3.8, 4) is 0 Å². The molecule has 26 heavy (non-hydrogen) atoms. The van der Waals surface area contributed by atoms with E-state index in [1.54, 1.807) is 6.07 Å². The topological polar surface area (TPSA) is 126 Å². The Hall–Kier alpha value is -2.78. The second kappa shape index (κ2) is 8.07. The predicted octanol–water partition coefficient (Wildman–Crippen LogP) is 0.495. The fraction of sp³-hybridized carbons (Fsp3) is 0.625. The average molecular weight is 361 g/mol. The van der Waals surface area contributed by atoms with E-state index in [1.807, 2.05) is 13.0 Å². The molecule has 10 heteroatoms. The van der Waals surface area contributed by atoms with Crippen LogP contribution in [0.5, 0.6) is 0 Å². The van der Waals surface area contributed by atoms with Gasteiger partial charge in [0, 0.05) is 19.0 Å². The Morgan fingerprint density at radius 1 is 1.35 bits per heavy atom. The molecule has 10 nitrogen and oxygen atoms in total. The smallest absolute Gasteiger partial charge is 0.326 e. The minimum Gasteiger partial charge on any atom is -0.480 e. The van der Waals surface area contributed by atoms with Crippen LogP contribution in [0.4, 0.5) is 5.82 Å². The highest BCUT2D eigenvalue weighted by atomic mass is 16.4. The minimum absolute atomic E-state index is 0.169. The van der Waals surface area contributed by atoms with Crippen LogP contribution in [0.2, 0.25) is 0 Å². The summed E-state index contributed by atoms with van der Waals surface area (Å²) in [6, 6.07) is 2.85. The summed E-state index contributed by atoms with van der Waals surface area (Å²) in [7, 11) is 0. The van der Waals surface area contributed by atoms with E-state index in [0.29, 0.717) is 38.0 Å². The summed E-state index contributed by atoms with van der Waals surface area (Å²) in [6.45, 7) is 3.34. The molecule has 1 aliphatic rings. The Bertz CT molecular complexity index is 770. The fourth-order valence-electron chi connectivity index (χ4n) is 3.13. The zero-order valence-electron chi connectivity index (χ0n) is 14.7. The van der Waals surface area contributed by atoms with Crippen molar-refractivity contribution < 1.29 is 14.7 Å². The van der Waals surface area contributed by atoms with Gasteiger partial charge in [-0.2, -0.15) is 0 Å². The van der Waals surface area contributed by atoms with Gasteiger partial charge in [0.05, 0.1) is 0 Å². The number of carbonyl (C=O) groups excluding carboxylic acids is 1. The minimum atomic E-state index is -0.969. The zero-order valence-corrected chi connectivity index (χ0v) is 14.7. The number of fused-ring (bicyclic) bond motifs is 1. The lowest BCUT2D eigenvalue weighted by molar-refractivity contribution is -0.142. The number of amides is 1. The van der Waals surface area contributed by atoms with Crippen LogP contribution in [0.25, 0.3) is 5.65 Å². The normalized spacial score (nSPS) is 16.6. The van der Waals surface area contributed by atoms with E-state index >= 15 is 0 Å². The fourth-order valence-corrected chi connectivity index (χ4v) is 3.13. The van der Waals surface area contributed by atoms with Gasteiger partial charge in [-0.05, 0) is 41.8 Å². The lowest BCUT2D eigenvalue weighted by Gasteiger charge is -2.32. The quantitative estimate of drug-likeness (QED) is 0.730. The van der Waals surface area contributed by atoms with Gasteiger partial charge in [-0.3, -0.25) is 4.79 Å². The van der Waals surface area contributed by atoms with E-state index in [4.69, 9.17) is 0 Å². The van der Waals surface area contributed by atoms with Crippen molar-refractivity contribution in [1.29, 1.82) is 0 Å². The number of hydrogen-bond acceptors (Lipinski definition) is 7. The van der Waals surface area contributed by atoms with Crippen molar-refractivity contribution in [2.75, 3.05) is 18.0 Å². The molecular formula is C16H23N7O3. The van der Waals surface area contributed by atoms with Crippen LogP contribution < -0.4 is 10.2 Å². The number of carboxylic acid groups (broad SMARTS) is 1. The number of anilines is 1. The van der Waals surface area contributed by atoms with Gasteiger partial charge in [0.2, 0.25) is 5.91 Å². The van der Waals surface area contributed by atoms with Crippen LogP contribution in [-0.2, 0) is 9.59 Å². The van der Waals surface area contributed by atoms with Crippen LogP contribution in [0.1, 0.15) is 39.0 Å². The summed E-state index contributed by atoms with van der Waals surface area (Å²) >= 11 is 0. The highest BCUT2D eigenvalue weighted by Crippen LogP contribution is 2.22. The van der Waals surface area contributed by atoms with Crippen molar-refractivity contribution in [3.05, 3.63) is 12.1 Å². The summed E-state index contributed by atoms with van der Waals surface area (Å²) in [5, 5.41) is 27.5. The van der Waals surface area contributed by atoms with Crippen LogP contribution in [0, 0.1) is 5.92 Å². The van der Waals surface area contributed by atoms with Crippen molar-refractivity contribution in [1.82, 2.24) is 30.6 Å². The highest BCUT2D eigenvalue weighted by Gasteiger charge is 2.29. The van der Waals surface area contributed by atoms with Gasteiger partial charge in [0.1, 0.15) is 6.04 Å². The molecule has 1 unspecified atom stereocenters. The lowest BCUT2D eigenvalue weighted by Crippen LogP contribution is -2.46. The molecule has 0 saturated carbocycles. The van der Waals surface area contributed by atoms with Crippen molar-refractivity contribution >= 4 is 23.3 Å². The standard InChI is InChI=1S/C16H23N7O3/c1-2-3-4-12(16(25)26)17-15(24)11-7-9-22(10-8-11)14-6-5-13-18-20-21-23(13)19-14/h5-6,11-12H,2-4,7-10H2,1H3,(H,17,24)(H,25,26). The van der Waals surface area contributed by atoms with E-state index in [-0.39, 0.29) is 11.8 Å². The number of hydrogen-bond donors (Lipinski definition) is 2. The second-order valence-electron chi connectivity index (χ2n) is 6.52. The van der Waals surface area contributed by atoms with Crippen molar-refractivity contribution in [3.63, 3.8) is 0 Å². The van der Waals surface area contributed by atoms with E-state index in [2.05, 4.69) is 30.8 Å². The van der Waals surface area contributed by atoms with Crippen molar-refractivity contribution in [2.24, 2.45) is 5.92 Å². The van der Waals surface area contributed by atoms with Gasteiger partial charge < -0.3 is 15.3 Å². The molecular weight excluding hydrogens is 338 g/mol. The molecule has 2 N–H and O–H groups in total. The van der Waals surface area contributed by atoms with Crippen LogP contribution in [0.3, 0.4) is 0 Å². The van der Waals surface area contributed by atoms with Gasteiger partial charge in [-0.15, -0.1) is 14.8 Å². The second-order valence-corrected chi connectivity index (χ2v) is 6.52. The summed E-state index contributed by atoms with van der Waals surface area (Å²) in [6.07, 6.45) is 3.45. The largest absolute Gasteiger partial charge is 0.480 e. The molecule has 2 aromatic rings. The third-order valence-electron chi connectivity index (χ3n) is 4.71. The number of aliphatic carboxylic acids is 1. The first-order valence-corrected chi connectivity index (χ1v) is 8.92. The number of piperidine rings is 1. The number of tetrazole rings is 1. The summed E-state index contributed by atoms with van der Waals surface area (Å²) in [4.78, 5) is 25.8. The number of unbranched alkanes of at least 4 members (excludes halogenated alkanes) is 1. The van der Waals surface area contributed by atoms with E-state index in [1.165, 1.54) is 4.63 Å². The third-order valence-corrected chi connectivity index (χ3v) is 4.71. The maximum Gasteiger partial charge on any atom is 0.326 e. The third kappa shape index (κ3) is 4.06. The molecule has 1 fully saturated rings. The Morgan fingerprint density at radius 3 is 2.81 bits per heavy atom. The predicted molar refractivity (Wildman–Crippen MR) is 92.6 cm³/mol. The first kappa shape index (κ1) is 18.0. The Balaban J connectivity index is 1.55. The molecule has 1 saturated heterocycles. The molecule has 0 aromatic carbocycles. The number of carbonyl (C=O) groups is 2. The number of carboxylic acids is 1. The van der Waals surface area contributed by atoms with E-state index in [0.717, 1.165) is 18.7 Å². The summed E-state index contributed by atoms with van der Waals surface area (Å²) in [5.41, 5.74) is 0.579. The Labute approximate surface area is 150 Å². The summed E-state index contributed by atoms with van der Waals surface area (Å²) in [5.74, 6) is -0.554. The molecule has 140 valence electrons. The first-order valence-electron chi connectivity index (χ1n) is 8.92. The number of rotatable bonds is 7. The van der Waals surface area contributed by atoms with E-state index in [9.17, 15) is 14.7 Å². The average Bonchev–Trinajstić information content (AvgIpc) is 3.12. The SMILES string of the molecule is CCCCC(NC(=O)C1CCN(c2ccc3nnnn3n2)CC1)C(=O)O. The van der Waals surface area contributed by atoms with Gasteiger partial charge >= 0.3 is 5.97 Å². The Kier molecular flexibility index (Phi) is 5.59. The molecule has 3 heterocycles. The first-order chi connectivity index (χ1) is 12.6. The van der Waals surface area contributed by atoms with Gasteiger partial charge in [0.25, 0.3) is 0 Å². The number of aromatic nitrogens is 5. The van der Waals surface area contributed by atoms with Gasteiger partial charge in [-0.25, -0.2) is 4.79 Å². The molecule has 1 aliphatic heterocycles. The van der Waals surface area contributed by atoms with E-state index < -0.39 is 12.0 Å². The molecule has 2 aromatic heterocycles. The molecule has 0 radical (unpaired) electrons. The molecule has 0 spiro atoms. The summed E-state index contributed by atoms with van der Waals surface area (Å²) < 4.78 is 1.37. The Morgan fingerprint density at radius 2 is 2.12 bits per heavy atom. The molecule has 1 amide bonds. The molecule has 0 bridgehead atoms. The highest BCUT2D eigenvalue weighted by molar-refractivity contribution is 5.85. The monoisotopic (exact) mass is 361 g/mol. The van der Waals surface area contributed by atoms with Crippen molar-refractivity contribution in [2.45, 2.75) is 45.1 Å². The molecule has 1 atom stereocenters. The number of nitrogens with zero attached hydrogens (tertiary/aromatic N) is 6. The maximum atomic E-state index is 12.4. The van der Waals surface area contributed by atoms with Gasteiger partial charge in [-0.1, -0.05) is 19.8 Å². The van der Waals surface area contributed by atoms with Crippen LogP contribution in [-0.4, -0.2) is 61.4 Å². The zero-order chi connectivity index (χ0) is 18.5. The van der Waals surface area contributed by atoms with Crippen LogP contribution in [0.15, 0.2) is 12.1 Å². The maximum absolute atomic E-state index is 12.4. The lowest BCUT2D eigenvalue weighted by atomic mass is 9.95. The molecule has 0 aliphatic carbocycles. The van der Waals surface area contributed by atoms with Crippen LogP contribution >= 0.6 is 0 Å².